The fourth-order valence-electron chi connectivity index (χ4n) is 3.66. The van der Waals surface area contributed by atoms with Crippen molar-refractivity contribution in [3.8, 4) is 0 Å². The molecule has 9 N–H and O–H groups in total. The van der Waals surface area contributed by atoms with Gasteiger partial charge >= 0.3 is 23.3 Å². The molecule has 32 heavy (non-hydrogen) atoms. The van der Waals surface area contributed by atoms with Crippen molar-refractivity contribution in [3.05, 3.63) is 35.9 Å². The predicted octanol–water partition coefficient (Wildman–Crippen LogP) is -2.49. The zero-order valence-electron chi connectivity index (χ0n) is 17.6. The van der Waals surface area contributed by atoms with Crippen LogP contribution in [0.5, 0.6) is 0 Å². The van der Waals surface area contributed by atoms with E-state index < -0.39 is 53.2 Å². The molecule has 0 radical (unpaired) electrons. The largest absolute Gasteiger partial charge is 0.480 e. The number of nitrogens with zero attached hydrogens (tertiary/aromatic N) is 2. The van der Waals surface area contributed by atoms with Gasteiger partial charge in [0.25, 0.3) is 5.91 Å². The zero-order valence-corrected chi connectivity index (χ0v) is 18.4. The Balaban J connectivity index is 2.35. The van der Waals surface area contributed by atoms with E-state index in [9.17, 15) is 23.1 Å². The molecule has 1 aliphatic rings. The van der Waals surface area contributed by atoms with E-state index in [-0.39, 0.29) is 38.8 Å². The Kier molecular flexibility index (Phi) is 8.76. The highest BCUT2D eigenvalue weighted by Crippen LogP contribution is 2.33. The number of amides is 1. The van der Waals surface area contributed by atoms with Crippen molar-refractivity contribution in [3.63, 3.8) is 0 Å². The van der Waals surface area contributed by atoms with Crippen LogP contribution < -0.4 is 17.2 Å². The number of carboxylic acids is 1. The van der Waals surface area contributed by atoms with E-state index in [1.54, 1.807) is 30.3 Å². The molecule has 1 unspecified atom stereocenters. The first-order valence-corrected chi connectivity index (χ1v) is 11.5. The van der Waals surface area contributed by atoms with E-state index in [0.717, 1.165) is 4.31 Å². The number of carbonyl (C=O) groups excluding carboxylic acids is 1. The smallest absolute Gasteiger partial charge is 0.451 e. The van der Waals surface area contributed by atoms with Gasteiger partial charge in [-0.1, -0.05) is 36.8 Å². The fourth-order valence-corrected chi connectivity index (χ4v) is 5.35. The highest BCUT2D eigenvalue weighted by atomic mass is 32.2. The SMILES string of the molecule is NCC(N)C(=O)N(Cc1ccccc1)S(=O)(=O)N1C[C@H](CCCB(O)O)[C@](N)(C(=O)O)C1. The molecule has 14 heteroatoms. The molecule has 1 aromatic rings. The molecule has 2 rings (SSSR count). The van der Waals surface area contributed by atoms with Gasteiger partial charge in [0.1, 0.15) is 5.54 Å². The van der Waals surface area contributed by atoms with Gasteiger partial charge in [-0.15, -0.1) is 0 Å². The maximum atomic E-state index is 13.4. The van der Waals surface area contributed by atoms with Crippen molar-refractivity contribution in [1.29, 1.82) is 0 Å². The van der Waals surface area contributed by atoms with Crippen molar-refractivity contribution in [1.82, 2.24) is 8.61 Å². The quantitative estimate of drug-likeness (QED) is 0.187. The van der Waals surface area contributed by atoms with Crippen LogP contribution in [0.25, 0.3) is 0 Å². The van der Waals surface area contributed by atoms with Gasteiger partial charge in [-0.25, -0.2) is 4.31 Å². The fraction of sp³-hybridized carbons (Fsp3) is 0.556. The Hall–Kier alpha value is -2.07. The average Bonchev–Trinajstić information content (AvgIpc) is 3.10. The molecule has 1 fully saturated rings. The highest BCUT2D eigenvalue weighted by Gasteiger charge is 2.53. The van der Waals surface area contributed by atoms with Crippen LogP contribution in [0.1, 0.15) is 18.4 Å². The molecule has 1 aliphatic heterocycles. The molecule has 0 aliphatic carbocycles. The van der Waals surface area contributed by atoms with Gasteiger partial charge in [0, 0.05) is 25.6 Å². The summed E-state index contributed by atoms with van der Waals surface area (Å²) < 4.78 is 28.4. The van der Waals surface area contributed by atoms with Gasteiger partial charge in [-0.2, -0.15) is 12.7 Å². The molecule has 0 aromatic heterocycles. The molecule has 1 amide bonds. The first-order valence-electron chi connectivity index (χ1n) is 10.1. The normalized spacial score (nSPS) is 22.5. The van der Waals surface area contributed by atoms with E-state index in [0.29, 0.717) is 9.87 Å². The summed E-state index contributed by atoms with van der Waals surface area (Å²) in [5.74, 6) is -3.10. The van der Waals surface area contributed by atoms with Gasteiger partial charge < -0.3 is 32.4 Å². The Morgan fingerprint density at radius 1 is 1.28 bits per heavy atom. The third-order valence-electron chi connectivity index (χ3n) is 5.59. The molecule has 1 aromatic carbocycles. The summed E-state index contributed by atoms with van der Waals surface area (Å²) in [6, 6.07) is 7.12. The monoisotopic (exact) mass is 471 g/mol. The third kappa shape index (κ3) is 5.83. The van der Waals surface area contributed by atoms with Crippen LogP contribution in [0, 0.1) is 5.92 Å². The Labute approximate surface area is 187 Å². The summed E-state index contributed by atoms with van der Waals surface area (Å²) in [5, 5.41) is 27.7. The summed E-state index contributed by atoms with van der Waals surface area (Å²) >= 11 is 0. The molecule has 0 spiro atoms. The molecule has 178 valence electrons. The van der Waals surface area contributed by atoms with E-state index >= 15 is 0 Å². The number of carboxylic acid groups (broad SMARTS) is 1. The standard InChI is InChI=1S/C18H30BN5O7S/c20-9-15(21)16(25)24(10-13-5-2-1-3-6-13)32(30,31)23-11-14(7-4-8-19(28)29)18(22,12-23)17(26)27/h1-3,5-6,14-15,28-29H,4,7-12,20-22H2,(H,26,27)/t14-,15?,18-/m0/s1. The van der Waals surface area contributed by atoms with E-state index in [2.05, 4.69) is 0 Å². The van der Waals surface area contributed by atoms with E-state index in [1.165, 1.54) is 0 Å². The Morgan fingerprint density at radius 2 is 1.91 bits per heavy atom. The Morgan fingerprint density at radius 3 is 2.44 bits per heavy atom. The number of benzene rings is 1. The van der Waals surface area contributed by atoms with Gasteiger partial charge in [0.15, 0.2) is 0 Å². The van der Waals surface area contributed by atoms with Crippen LogP contribution in [0.4, 0.5) is 0 Å². The number of nitrogens with two attached hydrogens (primary N) is 3. The predicted molar refractivity (Wildman–Crippen MR) is 117 cm³/mol. The molecule has 1 heterocycles. The number of hydrogen-bond donors (Lipinski definition) is 6. The summed E-state index contributed by atoms with van der Waals surface area (Å²) in [7, 11) is -6.06. The van der Waals surface area contributed by atoms with Gasteiger partial charge in [-0.05, 0) is 18.3 Å². The molecule has 0 saturated carbocycles. The number of hydrogen-bond acceptors (Lipinski definition) is 9. The summed E-state index contributed by atoms with van der Waals surface area (Å²) in [6.07, 6.45) is 0.372. The van der Waals surface area contributed by atoms with Crippen molar-refractivity contribution in [2.24, 2.45) is 23.1 Å². The molecule has 0 bridgehead atoms. The van der Waals surface area contributed by atoms with Crippen LogP contribution in [-0.4, -0.2) is 82.4 Å². The molecular weight excluding hydrogens is 441 g/mol. The summed E-state index contributed by atoms with van der Waals surface area (Å²) in [6.45, 7) is -1.38. The van der Waals surface area contributed by atoms with Crippen molar-refractivity contribution in [2.75, 3.05) is 19.6 Å². The van der Waals surface area contributed by atoms with Crippen molar-refractivity contribution >= 4 is 29.2 Å². The van der Waals surface area contributed by atoms with Crippen LogP contribution in [-0.2, 0) is 26.3 Å². The zero-order chi connectivity index (χ0) is 24.1. The lowest BCUT2D eigenvalue weighted by Gasteiger charge is -2.29. The summed E-state index contributed by atoms with van der Waals surface area (Å²) in [4.78, 5) is 24.7. The molecular formula is C18H30BN5O7S. The van der Waals surface area contributed by atoms with Crippen molar-refractivity contribution < 1.29 is 33.2 Å². The molecule has 12 nitrogen and oxygen atoms in total. The highest BCUT2D eigenvalue weighted by molar-refractivity contribution is 7.87. The lowest BCUT2D eigenvalue weighted by atomic mass is 9.78. The minimum Gasteiger partial charge on any atom is -0.480 e. The van der Waals surface area contributed by atoms with Crippen LogP contribution in [0.3, 0.4) is 0 Å². The number of rotatable bonds is 11. The van der Waals surface area contributed by atoms with Crippen LogP contribution in [0.15, 0.2) is 30.3 Å². The minimum atomic E-state index is -4.49. The van der Waals surface area contributed by atoms with Crippen LogP contribution >= 0.6 is 0 Å². The third-order valence-corrected chi connectivity index (χ3v) is 7.39. The maximum Gasteiger partial charge on any atom is 0.451 e. The molecule has 3 atom stereocenters. The van der Waals surface area contributed by atoms with Gasteiger partial charge in [0.2, 0.25) is 0 Å². The molecule has 1 saturated heterocycles. The summed E-state index contributed by atoms with van der Waals surface area (Å²) in [5.41, 5.74) is 15.9. The minimum absolute atomic E-state index is 0.0110. The Bertz CT molecular complexity index is 904. The van der Waals surface area contributed by atoms with E-state index in [1.807, 2.05) is 0 Å². The first-order chi connectivity index (χ1) is 14.9. The second-order valence-corrected chi connectivity index (χ2v) is 9.78. The maximum absolute atomic E-state index is 13.4. The number of aliphatic carboxylic acids is 1. The van der Waals surface area contributed by atoms with Gasteiger partial charge in [-0.3, -0.25) is 9.59 Å². The second-order valence-electron chi connectivity index (χ2n) is 7.93. The topological polar surface area (TPSA) is 214 Å². The lowest BCUT2D eigenvalue weighted by Crippen LogP contribution is -2.56. The number of carbonyl (C=O) groups is 2. The van der Waals surface area contributed by atoms with Crippen molar-refractivity contribution in [2.45, 2.75) is 37.3 Å². The average molecular weight is 471 g/mol. The van der Waals surface area contributed by atoms with Crippen LogP contribution in [0.2, 0.25) is 6.32 Å². The van der Waals surface area contributed by atoms with E-state index in [4.69, 9.17) is 27.2 Å². The van der Waals surface area contributed by atoms with Gasteiger partial charge in [0.05, 0.1) is 12.6 Å². The lowest BCUT2D eigenvalue weighted by molar-refractivity contribution is -0.144. The first kappa shape index (κ1) is 26.2. The second kappa shape index (κ2) is 10.7.